The van der Waals surface area contributed by atoms with E-state index in [0.29, 0.717) is 12.0 Å². The number of fused-ring (bicyclic) bond motifs is 3. The van der Waals surface area contributed by atoms with Gasteiger partial charge in [-0.15, -0.1) is 0 Å². The maximum atomic E-state index is 13.5. The molecule has 2 aliphatic carbocycles. The summed E-state index contributed by atoms with van der Waals surface area (Å²) in [4.78, 5) is 26.6. The first-order valence-electron chi connectivity index (χ1n) is 13.1. The fourth-order valence-corrected chi connectivity index (χ4v) is 7.33. The Morgan fingerprint density at radius 2 is 1.87 bits per heavy atom. The minimum absolute atomic E-state index is 0.0693. The van der Waals surface area contributed by atoms with Crippen molar-refractivity contribution in [1.82, 2.24) is 0 Å². The van der Waals surface area contributed by atoms with Gasteiger partial charge in [-0.25, -0.2) is 4.79 Å². The van der Waals surface area contributed by atoms with E-state index in [1.807, 2.05) is 6.92 Å². The number of carbonyl (C=O) groups is 2. The van der Waals surface area contributed by atoms with Crippen LogP contribution in [0.1, 0.15) is 44.8 Å². The molecule has 3 heterocycles. The van der Waals surface area contributed by atoms with Gasteiger partial charge in [-0.3, -0.25) is 4.79 Å². The molecule has 1 aromatic heterocycles. The number of aliphatic hydroxyl groups is 5. The Hall–Kier alpha value is -2.32. The number of hydrogen-bond acceptors (Lipinski definition) is 12. The summed E-state index contributed by atoms with van der Waals surface area (Å²) >= 11 is 0. The molecule has 216 valence electrons. The van der Waals surface area contributed by atoms with Crippen molar-refractivity contribution in [2.75, 3.05) is 13.7 Å². The van der Waals surface area contributed by atoms with Crippen LogP contribution in [0.2, 0.25) is 0 Å². The van der Waals surface area contributed by atoms with Crippen LogP contribution in [0.25, 0.3) is 0 Å². The summed E-state index contributed by atoms with van der Waals surface area (Å²) in [5.41, 5.74) is -1.02. The molecule has 5 N–H and O–H groups in total. The Bertz CT molecular complexity index is 1100. The van der Waals surface area contributed by atoms with Crippen LogP contribution >= 0.6 is 0 Å². The molecule has 4 aliphatic rings. The third kappa shape index (κ3) is 4.42. The summed E-state index contributed by atoms with van der Waals surface area (Å²) in [6, 6.07) is 1.73. The summed E-state index contributed by atoms with van der Waals surface area (Å²) in [5.74, 6) is -2.33. The van der Waals surface area contributed by atoms with Crippen molar-refractivity contribution in [1.29, 1.82) is 0 Å². The Balaban J connectivity index is 1.56. The first-order valence-corrected chi connectivity index (χ1v) is 13.1. The first kappa shape index (κ1) is 28.2. The van der Waals surface area contributed by atoms with Gasteiger partial charge in [-0.05, 0) is 42.7 Å². The maximum Gasteiger partial charge on any atom is 0.334 e. The molecule has 2 saturated heterocycles. The fraction of sp³-hybridized carbons (Fsp3) is 0.704. The second-order valence-corrected chi connectivity index (χ2v) is 11.5. The lowest BCUT2D eigenvalue weighted by Crippen LogP contribution is -2.65. The molecule has 1 aromatic rings. The Morgan fingerprint density at radius 3 is 2.51 bits per heavy atom. The zero-order valence-corrected chi connectivity index (χ0v) is 22.0. The molecule has 0 amide bonds. The van der Waals surface area contributed by atoms with Gasteiger partial charge in [0.2, 0.25) is 0 Å². The fourth-order valence-electron chi connectivity index (χ4n) is 7.33. The predicted octanol–water partition coefficient (Wildman–Crippen LogP) is -0.0346. The largest absolute Gasteiger partial charge is 0.472 e. The molecule has 3 fully saturated rings. The van der Waals surface area contributed by atoms with Gasteiger partial charge >= 0.3 is 11.9 Å². The van der Waals surface area contributed by atoms with Crippen molar-refractivity contribution in [3.8, 4) is 0 Å². The molecule has 0 spiro atoms. The second kappa shape index (κ2) is 10.3. The van der Waals surface area contributed by atoms with E-state index in [-0.39, 0.29) is 18.4 Å². The van der Waals surface area contributed by atoms with Crippen molar-refractivity contribution < 1.29 is 58.5 Å². The monoisotopic (exact) mass is 552 g/mol. The van der Waals surface area contributed by atoms with Crippen LogP contribution in [0.5, 0.6) is 0 Å². The highest BCUT2D eigenvalue weighted by Crippen LogP contribution is 2.65. The van der Waals surface area contributed by atoms with Crippen LogP contribution in [-0.4, -0.2) is 94.1 Å². The zero-order valence-electron chi connectivity index (χ0n) is 22.0. The van der Waals surface area contributed by atoms with Crippen molar-refractivity contribution in [3.63, 3.8) is 0 Å². The third-order valence-electron chi connectivity index (χ3n) is 9.49. The number of furan rings is 1. The zero-order chi connectivity index (χ0) is 28.3. The van der Waals surface area contributed by atoms with E-state index in [9.17, 15) is 35.1 Å². The van der Waals surface area contributed by atoms with Gasteiger partial charge in [0.05, 0.1) is 44.4 Å². The molecule has 12 atom stereocenters. The van der Waals surface area contributed by atoms with Crippen LogP contribution in [-0.2, 0) is 28.5 Å². The van der Waals surface area contributed by atoms with Gasteiger partial charge in [0.1, 0.15) is 30.5 Å². The number of ether oxygens (including phenoxy) is 4. The Morgan fingerprint density at radius 1 is 1.13 bits per heavy atom. The SMILES string of the molecule is COC(=O)C1=C[C@H](O)CC2[C@]3(C)C[C@@H](c4ccoc4)OC(=O)[C@H]3C[C@H](O[C@H]3O[C@@H](CO)[C@H](O)[C@@H](O)[C@@H]3O)[C@@]12C. The first-order chi connectivity index (χ1) is 18.4. The normalized spacial score (nSPS) is 45.9. The van der Waals surface area contributed by atoms with E-state index in [4.69, 9.17) is 23.4 Å². The molecule has 12 heteroatoms. The van der Waals surface area contributed by atoms with Crippen molar-refractivity contribution in [2.45, 2.75) is 82.1 Å². The van der Waals surface area contributed by atoms with E-state index < -0.39 is 90.2 Å². The van der Waals surface area contributed by atoms with Crippen LogP contribution in [0.3, 0.4) is 0 Å². The summed E-state index contributed by atoms with van der Waals surface area (Å²) in [7, 11) is 1.23. The third-order valence-corrected chi connectivity index (χ3v) is 9.49. The highest BCUT2D eigenvalue weighted by Gasteiger charge is 2.66. The van der Waals surface area contributed by atoms with Gasteiger partial charge in [-0.2, -0.15) is 0 Å². The average Bonchev–Trinajstić information content (AvgIpc) is 3.45. The summed E-state index contributed by atoms with van der Waals surface area (Å²) in [5, 5.41) is 51.7. The van der Waals surface area contributed by atoms with E-state index in [1.54, 1.807) is 13.0 Å². The average molecular weight is 553 g/mol. The lowest BCUT2D eigenvalue weighted by atomic mass is 9.44. The lowest BCUT2D eigenvalue weighted by Gasteiger charge is -2.62. The quantitative estimate of drug-likeness (QED) is 0.308. The van der Waals surface area contributed by atoms with Crippen LogP contribution in [0, 0.1) is 22.7 Å². The number of esters is 2. The number of cyclic esters (lactones) is 1. The molecule has 12 nitrogen and oxygen atoms in total. The molecule has 1 unspecified atom stereocenters. The Labute approximate surface area is 225 Å². The standard InChI is InChI=1S/C27H36O12/c1-26-9-16(12-4-5-36-11-12)37-24(34)14(26)8-19(39-25-22(32)21(31)20(30)17(10-28)38-25)27(2)15(23(33)35-3)6-13(29)7-18(26)27/h4-6,11,13-14,16-22,25,28-32H,7-10H2,1-3H3/t13-,14+,16-,17-,18?,19-,20-,21+,22-,25+,26+,27-/m0/s1. The van der Waals surface area contributed by atoms with Crippen molar-refractivity contribution in [3.05, 3.63) is 35.8 Å². The second-order valence-electron chi connectivity index (χ2n) is 11.5. The molecule has 39 heavy (non-hydrogen) atoms. The molecule has 5 rings (SSSR count). The summed E-state index contributed by atoms with van der Waals surface area (Å²) in [6.07, 6.45) is -5.02. The van der Waals surface area contributed by atoms with E-state index in [1.165, 1.54) is 25.7 Å². The van der Waals surface area contributed by atoms with Gasteiger partial charge < -0.3 is 48.9 Å². The highest BCUT2D eigenvalue weighted by molar-refractivity contribution is 5.91. The minimum atomic E-state index is -1.68. The highest BCUT2D eigenvalue weighted by atomic mass is 16.7. The van der Waals surface area contributed by atoms with Crippen LogP contribution < -0.4 is 0 Å². The Kier molecular flexibility index (Phi) is 7.42. The number of rotatable bonds is 5. The number of aliphatic hydroxyl groups excluding tert-OH is 5. The maximum absolute atomic E-state index is 13.5. The van der Waals surface area contributed by atoms with E-state index in [0.717, 1.165) is 0 Å². The summed E-state index contributed by atoms with van der Waals surface area (Å²) < 4.78 is 28.0. The van der Waals surface area contributed by atoms with Gasteiger partial charge in [-0.1, -0.05) is 13.8 Å². The van der Waals surface area contributed by atoms with Crippen LogP contribution in [0.4, 0.5) is 0 Å². The molecule has 1 saturated carbocycles. The number of carbonyl (C=O) groups excluding carboxylic acids is 2. The van der Waals surface area contributed by atoms with Crippen LogP contribution in [0.15, 0.2) is 34.7 Å². The van der Waals surface area contributed by atoms with E-state index >= 15 is 0 Å². The van der Waals surface area contributed by atoms with Crippen molar-refractivity contribution >= 4 is 11.9 Å². The molecular weight excluding hydrogens is 516 g/mol. The number of methoxy groups -OCH3 is 1. The summed E-state index contributed by atoms with van der Waals surface area (Å²) in [6.45, 7) is 3.11. The van der Waals surface area contributed by atoms with Gasteiger partial charge in [0.25, 0.3) is 0 Å². The van der Waals surface area contributed by atoms with Gasteiger partial charge in [0.15, 0.2) is 6.29 Å². The molecule has 0 bridgehead atoms. The molecule has 2 aliphatic heterocycles. The smallest absolute Gasteiger partial charge is 0.334 e. The number of hydrogen-bond donors (Lipinski definition) is 5. The minimum Gasteiger partial charge on any atom is -0.472 e. The topological polar surface area (TPSA) is 185 Å². The van der Waals surface area contributed by atoms with Crippen molar-refractivity contribution in [2.24, 2.45) is 22.7 Å². The molecular formula is C27H36O12. The molecule has 0 aromatic carbocycles. The predicted molar refractivity (Wildman–Crippen MR) is 129 cm³/mol. The molecule has 0 radical (unpaired) electrons. The van der Waals surface area contributed by atoms with E-state index in [2.05, 4.69) is 0 Å². The lowest BCUT2D eigenvalue weighted by molar-refractivity contribution is -0.329. The van der Waals surface area contributed by atoms with Gasteiger partial charge in [0, 0.05) is 16.6 Å².